The van der Waals surface area contributed by atoms with Gasteiger partial charge in [0.2, 0.25) is 5.82 Å². The molecule has 2 aromatic rings. The number of amides is 1. The summed E-state index contributed by atoms with van der Waals surface area (Å²) in [5, 5.41) is 5.01. The highest BCUT2D eigenvalue weighted by atomic mass is 35.5. The Morgan fingerprint density at radius 3 is 2.57 bits per heavy atom. The first-order valence-corrected chi connectivity index (χ1v) is 8.25. The lowest BCUT2D eigenvalue weighted by Crippen LogP contribution is -2.38. The third-order valence-electron chi connectivity index (χ3n) is 3.33. The number of aryl methyl sites for hydroxylation is 1. The molecule has 0 bridgehead atoms. The summed E-state index contributed by atoms with van der Waals surface area (Å²) >= 11 is 7.75. The monoisotopic (exact) mass is 322 g/mol. The van der Waals surface area contributed by atoms with Gasteiger partial charge in [-0.15, -0.1) is 5.10 Å². The lowest BCUT2D eigenvalue weighted by atomic mass is 10.3. The Hall–Kier alpha value is -1.53. The Kier molecular flexibility index (Phi) is 4.17. The van der Waals surface area contributed by atoms with Gasteiger partial charge in [0.1, 0.15) is 5.82 Å². The molecule has 0 aliphatic carbocycles. The van der Waals surface area contributed by atoms with Crippen LogP contribution in [0.15, 0.2) is 24.3 Å². The molecule has 110 valence electrons. The molecular formula is C14H15ClN4OS. The maximum absolute atomic E-state index is 12.4. The minimum absolute atomic E-state index is 0.0916. The summed E-state index contributed by atoms with van der Waals surface area (Å²) in [5.74, 6) is 2.80. The third-order valence-corrected chi connectivity index (χ3v) is 4.52. The number of carbonyl (C=O) groups is 1. The predicted molar refractivity (Wildman–Crippen MR) is 84.3 cm³/mol. The smallest absolute Gasteiger partial charge is 0.293 e. The molecular weight excluding hydrogens is 308 g/mol. The van der Waals surface area contributed by atoms with Crippen LogP contribution in [0.5, 0.6) is 0 Å². The minimum atomic E-state index is -0.0916. The average Bonchev–Trinajstić information content (AvgIpc) is 2.90. The first kappa shape index (κ1) is 14.4. The molecule has 5 nitrogen and oxygen atoms in total. The van der Waals surface area contributed by atoms with Gasteiger partial charge in [-0.3, -0.25) is 4.79 Å². The van der Waals surface area contributed by atoms with Crippen LogP contribution in [0.2, 0.25) is 5.02 Å². The summed E-state index contributed by atoms with van der Waals surface area (Å²) in [6.07, 6.45) is 0. The van der Waals surface area contributed by atoms with Crippen LogP contribution in [0.4, 0.5) is 0 Å². The Morgan fingerprint density at radius 2 is 1.90 bits per heavy atom. The van der Waals surface area contributed by atoms with Crippen LogP contribution in [0.25, 0.3) is 5.69 Å². The normalized spacial score (nSPS) is 15.2. The topological polar surface area (TPSA) is 51.0 Å². The van der Waals surface area contributed by atoms with Crippen LogP contribution in [-0.4, -0.2) is 50.2 Å². The SMILES string of the molecule is Cc1nc(C(=O)N2CCSCC2)nn1-c1ccc(Cl)cc1. The maximum atomic E-state index is 12.4. The molecule has 1 aliphatic rings. The van der Waals surface area contributed by atoms with Crippen molar-refractivity contribution in [3.63, 3.8) is 0 Å². The van der Waals surface area contributed by atoms with E-state index < -0.39 is 0 Å². The van der Waals surface area contributed by atoms with Crippen molar-refractivity contribution in [2.45, 2.75) is 6.92 Å². The molecule has 0 radical (unpaired) electrons. The number of rotatable bonds is 2. The van der Waals surface area contributed by atoms with Gasteiger partial charge in [0.15, 0.2) is 0 Å². The fourth-order valence-corrected chi connectivity index (χ4v) is 3.24. The highest BCUT2D eigenvalue weighted by molar-refractivity contribution is 7.99. The van der Waals surface area contributed by atoms with Crippen molar-refractivity contribution in [1.82, 2.24) is 19.7 Å². The van der Waals surface area contributed by atoms with Crippen LogP contribution in [-0.2, 0) is 0 Å². The predicted octanol–water partition coefficient (Wildman–Crippen LogP) is 2.42. The highest BCUT2D eigenvalue weighted by Crippen LogP contribution is 2.16. The molecule has 21 heavy (non-hydrogen) atoms. The van der Waals surface area contributed by atoms with Gasteiger partial charge in [0.25, 0.3) is 5.91 Å². The van der Waals surface area contributed by atoms with Crippen molar-refractivity contribution < 1.29 is 4.79 Å². The number of thioether (sulfide) groups is 1. The number of aromatic nitrogens is 3. The number of benzene rings is 1. The first-order chi connectivity index (χ1) is 10.1. The van der Waals surface area contributed by atoms with Crippen LogP contribution in [0.3, 0.4) is 0 Å². The van der Waals surface area contributed by atoms with Crippen molar-refractivity contribution in [3.8, 4) is 5.69 Å². The summed E-state index contributed by atoms with van der Waals surface area (Å²) in [7, 11) is 0. The van der Waals surface area contributed by atoms with Crippen molar-refractivity contribution in [3.05, 3.63) is 40.9 Å². The summed E-state index contributed by atoms with van der Waals surface area (Å²) in [4.78, 5) is 18.5. The second kappa shape index (κ2) is 6.07. The molecule has 1 fully saturated rings. The third kappa shape index (κ3) is 3.06. The number of halogens is 1. The highest BCUT2D eigenvalue weighted by Gasteiger charge is 2.23. The van der Waals surface area contributed by atoms with E-state index >= 15 is 0 Å². The summed E-state index contributed by atoms with van der Waals surface area (Å²) in [5.41, 5.74) is 0.845. The largest absolute Gasteiger partial charge is 0.334 e. The lowest BCUT2D eigenvalue weighted by molar-refractivity contribution is 0.0760. The Bertz CT molecular complexity index is 649. The molecule has 0 spiro atoms. The Balaban J connectivity index is 1.86. The number of carbonyl (C=O) groups excluding carboxylic acids is 1. The van der Waals surface area contributed by atoms with Gasteiger partial charge < -0.3 is 4.90 Å². The summed E-state index contributed by atoms with van der Waals surface area (Å²) < 4.78 is 1.67. The van der Waals surface area contributed by atoms with E-state index in [0.717, 1.165) is 30.3 Å². The van der Waals surface area contributed by atoms with Crippen LogP contribution in [0, 0.1) is 6.92 Å². The zero-order valence-corrected chi connectivity index (χ0v) is 13.2. The first-order valence-electron chi connectivity index (χ1n) is 6.72. The quantitative estimate of drug-likeness (QED) is 0.852. The van der Waals surface area contributed by atoms with Gasteiger partial charge in [-0.25, -0.2) is 9.67 Å². The van der Waals surface area contributed by atoms with Crippen molar-refractivity contribution in [2.75, 3.05) is 24.6 Å². The standard InChI is InChI=1S/C14H15ClN4OS/c1-10-16-13(14(20)18-6-8-21-9-7-18)17-19(10)12-4-2-11(15)3-5-12/h2-5H,6-9H2,1H3. The van der Waals surface area contributed by atoms with Crippen LogP contribution in [0.1, 0.15) is 16.4 Å². The van der Waals surface area contributed by atoms with Gasteiger partial charge >= 0.3 is 0 Å². The molecule has 2 heterocycles. The minimum Gasteiger partial charge on any atom is -0.334 e. The summed E-state index contributed by atoms with van der Waals surface area (Å²) in [6, 6.07) is 7.30. The van der Waals surface area contributed by atoms with E-state index in [1.807, 2.05) is 35.7 Å². The second-order valence-electron chi connectivity index (χ2n) is 4.78. The van der Waals surface area contributed by atoms with E-state index in [0.29, 0.717) is 10.8 Å². The van der Waals surface area contributed by atoms with Gasteiger partial charge in [-0.1, -0.05) is 11.6 Å². The molecule has 0 saturated carbocycles. The van der Waals surface area contributed by atoms with Gasteiger partial charge in [0, 0.05) is 29.6 Å². The zero-order valence-electron chi connectivity index (χ0n) is 11.6. The Labute approximate surface area is 132 Å². The van der Waals surface area contributed by atoms with Crippen LogP contribution >= 0.6 is 23.4 Å². The fraction of sp³-hybridized carbons (Fsp3) is 0.357. The van der Waals surface area contributed by atoms with Crippen molar-refractivity contribution >= 4 is 29.3 Å². The molecule has 0 N–H and O–H groups in total. The van der Waals surface area contributed by atoms with E-state index in [4.69, 9.17) is 11.6 Å². The maximum Gasteiger partial charge on any atom is 0.293 e. The molecule has 1 amide bonds. The number of nitrogens with zero attached hydrogens (tertiary/aromatic N) is 4. The van der Waals surface area contributed by atoms with E-state index in [9.17, 15) is 4.79 Å². The molecule has 1 aromatic heterocycles. The van der Waals surface area contributed by atoms with Gasteiger partial charge in [0.05, 0.1) is 5.69 Å². The lowest BCUT2D eigenvalue weighted by Gasteiger charge is -2.24. The van der Waals surface area contributed by atoms with Crippen molar-refractivity contribution in [2.24, 2.45) is 0 Å². The molecule has 3 rings (SSSR count). The van der Waals surface area contributed by atoms with Crippen LogP contribution < -0.4 is 0 Å². The number of hydrogen-bond acceptors (Lipinski definition) is 4. The summed E-state index contributed by atoms with van der Waals surface area (Å²) in [6.45, 7) is 3.36. The van der Waals surface area contributed by atoms with Crippen molar-refractivity contribution in [1.29, 1.82) is 0 Å². The van der Waals surface area contributed by atoms with E-state index in [1.165, 1.54) is 0 Å². The molecule has 1 aromatic carbocycles. The number of hydrogen-bond donors (Lipinski definition) is 0. The van der Waals surface area contributed by atoms with Gasteiger partial charge in [-0.05, 0) is 31.2 Å². The molecule has 1 saturated heterocycles. The molecule has 1 aliphatic heterocycles. The second-order valence-corrected chi connectivity index (χ2v) is 6.44. The average molecular weight is 323 g/mol. The van der Waals surface area contributed by atoms with E-state index in [-0.39, 0.29) is 11.7 Å². The van der Waals surface area contributed by atoms with E-state index in [1.54, 1.807) is 16.8 Å². The molecule has 0 unspecified atom stereocenters. The Morgan fingerprint density at radius 1 is 1.24 bits per heavy atom. The molecule has 7 heteroatoms. The van der Waals surface area contributed by atoms with E-state index in [2.05, 4.69) is 10.1 Å². The fourth-order valence-electron chi connectivity index (χ4n) is 2.22. The molecule has 0 atom stereocenters. The zero-order chi connectivity index (χ0) is 14.8. The van der Waals surface area contributed by atoms with Gasteiger partial charge in [-0.2, -0.15) is 11.8 Å².